The fourth-order valence-corrected chi connectivity index (χ4v) is 1.95. The number of carbonyl (C=O) groups excluding carboxylic acids is 1. The summed E-state index contributed by atoms with van der Waals surface area (Å²) in [5, 5.41) is 4.31. The van der Waals surface area contributed by atoms with Gasteiger partial charge in [0, 0.05) is 18.1 Å². The quantitative estimate of drug-likeness (QED) is 0.853. The maximum Gasteiger partial charge on any atom is 0.325 e. The molecule has 0 aliphatic heterocycles. The second-order valence-corrected chi connectivity index (χ2v) is 4.96. The monoisotopic (exact) mass is 318 g/mol. The van der Waals surface area contributed by atoms with E-state index in [2.05, 4.69) is 10.3 Å². The lowest BCUT2D eigenvalue weighted by atomic mass is 10.0. The predicted octanol–water partition coefficient (Wildman–Crippen LogP) is 4.33. The molecule has 0 amide bonds. The minimum absolute atomic E-state index is 0.272. The summed E-state index contributed by atoms with van der Waals surface area (Å²) in [5.41, 5.74) is 1.36. The van der Waals surface area contributed by atoms with Crippen molar-refractivity contribution in [1.29, 1.82) is 0 Å². The number of nitrogens with one attached hydrogen (secondary N) is 1. The van der Waals surface area contributed by atoms with E-state index in [9.17, 15) is 4.79 Å². The van der Waals surface area contributed by atoms with Gasteiger partial charge in [-0.1, -0.05) is 45.9 Å². The number of pyridine rings is 1. The number of methoxy groups -OCH3 is 1. The maximum atomic E-state index is 11.6. The number of fused-ring (bicyclic) bond motifs is 1. The van der Waals surface area contributed by atoms with Gasteiger partial charge in [0.1, 0.15) is 5.54 Å². The molecule has 2 rings (SSSR count). The van der Waals surface area contributed by atoms with Crippen LogP contribution < -0.4 is 5.32 Å². The predicted molar refractivity (Wildman–Crippen MR) is 97.4 cm³/mol. The molecule has 4 heteroatoms. The van der Waals surface area contributed by atoms with Gasteiger partial charge < -0.3 is 4.74 Å². The Labute approximate surface area is 140 Å². The summed E-state index contributed by atoms with van der Waals surface area (Å²) in [7, 11) is 1.40. The summed E-state index contributed by atoms with van der Waals surface area (Å²) in [6.45, 7) is 12.2. The number of aromatic nitrogens is 1. The highest BCUT2D eigenvalue weighted by Crippen LogP contribution is 2.17. The fraction of sp³-hybridized carbons (Fsp3) is 0.474. The molecule has 0 saturated heterocycles. The largest absolute Gasteiger partial charge is 0.468 e. The molecule has 1 N–H and O–H groups in total. The Bertz CT molecular complexity index is 589. The lowest BCUT2D eigenvalue weighted by molar-refractivity contribution is -0.147. The molecule has 0 fully saturated rings. The van der Waals surface area contributed by atoms with Crippen LogP contribution in [-0.4, -0.2) is 23.6 Å². The highest BCUT2D eigenvalue weighted by atomic mass is 16.5. The zero-order valence-electron chi connectivity index (χ0n) is 15.4. The first-order chi connectivity index (χ1) is 11.0. The highest BCUT2D eigenvalue weighted by Gasteiger charge is 2.27. The SMILES string of the molecule is CC.CC.COC(=O)C(C)(C)NCc1ccnc2ccccc12. The minimum atomic E-state index is -0.709. The van der Waals surface area contributed by atoms with Gasteiger partial charge in [0.15, 0.2) is 0 Å². The molecule has 4 nitrogen and oxygen atoms in total. The van der Waals surface area contributed by atoms with E-state index in [0.717, 1.165) is 16.5 Å². The molecule has 1 aromatic carbocycles. The van der Waals surface area contributed by atoms with Crippen LogP contribution in [0.2, 0.25) is 0 Å². The first-order valence-electron chi connectivity index (χ1n) is 8.20. The average Bonchev–Trinajstić information content (AvgIpc) is 2.62. The van der Waals surface area contributed by atoms with Gasteiger partial charge in [0.05, 0.1) is 12.6 Å². The maximum absolute atomic E-state index is 11.6. The lowest BCUT2D eigenvalue weighted by Crippen LogP contribution is -2.46. The lowest BCUT2D eigenvalue weighted by Gasteiger charge is -2.23. The Morgan fingerprint density at radius 1 is 1.13 bits per heavy atom. The van der Waals surface area contributed by atoms with Crippen LogP contribution in [0.4, 0.5) is 0 Å². The van der Waals surface area contributed by atoms with Gasteiger partial charge in [0.2, 0.25) is 0 Å². The van der Waals surface area contributed by atoms with Crippen molar-refractivity contribution in [1.82, 2.24) is 10.3 Å². The Hall–Kier alpha value is -1.94. The fourth-order valence-electron chi connectivity index (χ4n) is 1.95. The number of esters is 1. The summed E-state index contributed by atoms with van der Waals surface area (Å²) >= 11 is 0. The molecule has 0 unspecified atom stereocenters. The van der Waals surface area contributed by atoms with Crippen LogP contribution >= 0.6 is 0 Å². The summed E-state index contributed by atoms with van der Waals surface area (Å²) in [6, 6.07) is 9.92. The van der Waals surface area contributed by atoms with Crippen LogP contribution in [0.5, 0.6) is 0 Å². The molecule has 23 heavy (non-hydrogen) atoms. The molecule has 0 spiro atoms. The molecule has 0 radical (unpaired) electrons. The van der Waals surface area contributed by atoms with Crippen molar-refractivity contribution < 1.29 is 9.53 Å². The number of benzene rings is 1. The molecular formula is C19H30N2O2. The second kappa shape index (κ2) is 10.7. The van der Waals surface area contributed by atoms with Gasteiger partial charge in [-0.2, -0.15) is 0 Å². The van der Waals surface area contributed by atoms with Crippen molar-refractivity contribution in [3.8, 4) is 0 Å². The Balaban J connectivity index is 0.00000112. The van der Waals surface area contributed by atoms with Crippen LogP contribution in [0.3, 0.4) is 0 Å². The van der Waals surface area contributed by atoms with Gasteiger partial charge in [0.25, 0.3) is 0 Å². The van der Waals surface area contributed by atoms with Crippen molar-refractivity contribution in [2.75, 3.05) is 7.11 Å². The van der Waals surface area contributed by atoms with E-state index in [4.69, 9.17) is 4.74 Å². The highest BCUT2D eigenvalue weighted by molar-refractivity contribution is 5.82. The number of hydrogen-bond acceptors (Lipinski definition) is 4. The topological polar surface area (TPSA) is 51.2 Å². The molecule has 2 aromatic rings. The molecular weight excluding hydrogens is 288 g/mol. The van der Waals surface area contributed by atoms with E-state index < -0.39 is 5.54 Å². The second-order valence-electron chi connectivity index (χ2n) is 4.96. The summed E-state index contributed by atoms with van der Waals surface area (Å²) in [6.07, 6.45) is 1.78. The van der Waals surface area contributed by atoms with E-state index in [0.29, 0.717) is 6.54 Å². The van der Waals surface area contributed by atoms with Crippen molar-refractivity contribution >= 4 is 16.9 Å². The standard InChI is InChI=1S/C15H18N2O2.2C2H6/c1-15(2,14(18)19-3)17-10-11-8-9-16-13-7-5-4-6-12(11)13;2*1-2/h4-9,17H,10H2,1-3H3;2*1-2H3. The van der Waals surface area contributed by atoms with Gasteiger partial charge in [-0.3, -0.25) is 15.1 Å². The van der Waals surface area contributed by atoms with Crippen LogP contribution in [0.15, 0.2) is 36.5 Å². The molecule has 128 valence electrons. The minimum Gasteiger partial charge on any atom is -0.468 e. The van der Waals surface area contributed by atoms with E-state index in [1.807, 2.05) is 71.9 Å². The van der Waals surface area contributed by atoms with Gasteiger partial charge in [-0.25, -0.2) is 0 Å². The van der Waals surface area contributed by atoms with Gasteiger partial charge in [-0.15, -0.1) is 0 Å². The normalized spacial score (nSPS) is 10.0. The van der Waals surface area contributed by atoms with E-state index in [1.165, 1.54) is 7.11 Å². The molecule has 0 aliphatic carbocycles. The Morgan fingerprint density at radius 3 is 2.35 bits per heavy atom. The molecule has 1 heterocycles. The van der Waals surface area contributed by atoms with Crippen LogP contribution in [0, 0.1) is 0 Å². The smallest absolute Gasteiger partial charge is 0.325 e. The number of carbonyl (C=O) groups is 1. The third-order valence-corrected chi connectivity index (χ3v) is 3.16. The van der Waals surface area contributed by atoms with Gasteiger partial charge >= 0.3 is 5.97 Å². The summed E-state index contributed by atoms with van der Waals surface area (Å²) in [5.74, 6) is -0.272. The molecule has 0 bridgehead atoms. The zero-order chi connectivity index (χ0) is 17.9. The van der Waals surface area contributed by atoms with E-state index in [-0.39, 0.29) is 5.97 Å². The number of para-hydroxylation sites is 1. The molecule has 1 aromatic heterocycles. The van der Waals surface area contributed by atoms with Crippen molar-refractivity contribution in [2.24, 2.45) is 0 Å². The first kappa shape index (κ1) is 21.1. The van der Waals surface area contributed by atoms with Crippen molar-refractivity contribution in [3.63, 3.8) is 0 Å². The summed E-state index contributed by atoms with van der Waals surface area (Å²) < 4.78 is 4.78. The van der Waals surface area contributed by atoms with Gasteiger partial charge in [-0.05, 0) is 31.5 Å². The van der Waals surface area contributed by atoms with E-state index >= 15 is 0 Å². The third kappa shape index (κ3) is 5.99. The van der Waals surface area contributed by atoms with E-state index in [1.54, 1.807) is 6.20 Å². The zero-order valence-corrected chi connectivity index (χ0v) is 15.4. The number of rotatable bonds is 4. The molecule has 0 atom stereocenters. The number of nitrogens with zero attached hydrogens (tertiary/aromatic N) is 1. The molecule has 0 aliphatic rings. The summed E-state index contributed by atoms with van der Waals surface area (Å²) in [4.78, 5) is 15.9. The van der Waals surface area contributed by atoms with Crippen molar-refractivity contribution in [2.45, 2.75) is 53.6 Å². The Morgan fingerprint density at radius 2 is 1.74 bits per heavy atom. The number of ether oxygens (including phenoxy) is 1. The van der Waals surface area contributed by atoms with Crippen LogP contribution in [-0.2, 0) is 16.1 Å². The first-order valence-corrected chi connectivity index (χ1v) is 8.20. The third-order valence-electron chi connectivity index (χ3n) is 3.16. The molecule has 0 saturated carbocycles. The van der Waals surface area contributed by atoms with Crippen LogP contribution in [0.1, 0.15) is 47.1 Å². The van der Waals surface area contributed by atoms with Crippen molar-refractivity contribution in [3.05, 3.63) is 42.1 Å². The Kier molecular flexibility index (Phi) is 9.83. The number of hydrogen-bond donors (Lipinski definition) is 1. The van der Waals surface area contributed by atoms with Crippen LogP contribution in [0.25, 0.3) is 10.9 Å². The average molecular weight is 318 g/mol.